The third-order valence-electron chi connectivity index (χ3n) is 5.80. The molecule has 1 fully saturated rings. The fourth-order valence-electron chi connectivity index (χ4n) is 3.77. The van der Waals surface area contributed by atoms with Gasteiger partial charge in [0, 0.05) is 39.1 Å². The average molecular weight is 524 g/mol. The van der Waals surface area contributed by atoms with Crippen molar-refractivity contribution in [2.45, 2.75) is 19.4 Å². The standard InChI is InChI=1S/C25H31Cl2N3O5/c1-3-34-25(33)20(15-17-7-5-4-6-8-17)28-24(32)18-16-19(26)23(21(27)22(18)31)35-14-13-30-11-9-29(2)10-12-30/h4-8,16,20,31H,3,9-15H2,1-2H3,(H,28,32). The highest BCUT2D eigenvalue weighted by atomic mass is 35.5. The number of phenolic OH excluding ortho intramolecular Hbond substituents is 1. The van der Waals surface area contributed by atoms with Crippen molar-refractivity contribution in [2.75, 3.05) is 53.0 Å². The van der Waals surface area contributed by atoms with Crippen LogP contribution >= 0.6 is 23.2 Å². The van der Waals surface area contributed by atoms with Gasteiger partial charge in [0.25, 0.3) is 5.91 Å². The number of carbonyl (C=O) groups excluding carboxylic acids is 2. The van der Waals surface area contributed by atoms with Gasteiger partial charge >= 0.3 is 5.97 Å². The molecular weight excluding hydrogens is 493 g/mol. The number of aromatic hydroxyl groups is 1. The van der Waals surface area contributed by atoms with Crippen LogP contribution in [-0.4, -0.2) is 85.8 Å². The minimum atomic E-state index is -0.957. The van der Waals surface area contributed by atoms with Crippen LogP contribution in [0.15, 0.2) is 36.4 Å². The first-order chi connectivity index (χ1) is 16.8. The first-order valence-electron chi connectivity index (χ1n) is 11.6. The Morgan fingerprint density at radius 3 is 2.49 bits per heavy atom. The van der Waals surface area contributed by atoms with E-state index >= 15 is 0 Å². The number of hydrogen-bond acceptors (Lipinski definition) is 7. The summed E-state index contributed by atoms with van der Waals surface area (Å²) in [5, 5.41) is 13.2. The Hall–Kier alpha value is -2.52. The van der Waals surface area contributed by atoms with E-state index < -0.39 is 23.7 Å². The second kappa shape index (κ2) is 13.0. The van der Waals surface area contributed by atoms with E-state index in [1.165, 1.54) is 6.07 Å². The Kier molecular flexibility index (Phi) is 10.0. The molecule has 3 rings (SSSR count). The Balaban J connectivity index is 1.69. The molecule has 35 heavy (non-hydrogen) atoms. The Labute approximate surface area is 215 Å². The second-order valence-corrected chi connectivity index (χ2v) is 9.14. The summed E-state index contributed by atoms with van der Waals surface area (Å²) < 4.78 is 10.9. The van der Waals surface area contributed by atoms with E-state index in [0.717, 1.165) is 31.7 Å². The highest BCUT2D eigenvalue weighted by molar-refractivity contribution is 6.39. The molecule has 0 spiro atoms. The van der Waals surface area contributed by atoms with Crippen LogP contribution in [-0.2, 0) is 16.0 Å². The maximum atomic E-state index is 13.0. The second-order valence-electron chi connectivity index (χ2n) is 8.36. The summed E-state index contributed by atoms with van der Waals surface area (Å²) in [5.74, 6) is -1.64. The largest absolute Gasteiger partial charge is 0.505 e. The van der Waals surface area contributed by atoms with Crippen LogP contribution in [0, 0.1) is 0 Å². The average Bonchev–Trinajstić information content (AvgIpc) is 2.85. The van der Waals surface area contributed by atoms with Gasteiger partial charge in [0.2, 0.25) is 0 Å². The van der Waals surface area contributed by atoms with Gasteiger partial charge in [0.05, 0.1) is 17.2 Å². The number of phenols is 1. The minimum absolute atomic E-state index is 0.0899. The molecule has 1 saturated heterocycles. The Bertz CT molecular complexity index is 1010. The van der Waals surface area contributed by atoms with E-state index in [9.17, 15) is 14.7 Å². The molecule has 0 bridgehead atoms. The minimum Gasteiger partial charge on any atom is -0.505 e. The van der Waals surface area contributed by atoms with Crippen molar-refractivity contribution in [3.63, 3.8) is 0 Å². The molecule has 0 radical (unpaired) electrons. The fourth-order valence-corrected chi connectivity index (χ4v) is 4.33. The molecule has 2 aromatic rings. The maximum Gasteiger partial charge on any atom is 0.328 e. The lowest BCUT2D eigenvalue weighted by Crippen LogP contribution is -2.45. The summed E-state index contributed by atoms with van der Waals surface area (Å²) in [6.45, 7) is 6.73. The predicted molar refractivity (Wildman–Crippen MR) is 136 cm³/mol. The number of halogens is 2. The van der Waals surface area contributed by atoms with Crippen LogP contribution in [0.5, 0.6) is 11.5 Å². The van der Waals surface area contributed by atoms with Gasteiger partial charge < -0.3 is 24.8 Å². The number of carbonyl (C=O) groups is 2. The number of hydrogen-bond donors (Lipinski definition) is 2. The number of rotatable bonds is 10. The van der Waals surface area contributed by atoms with E-state index in [0.29, 0.717) is 13.2 Å². The molecular formula is C25H31Cl2N3O5. The number of nitrogens with one attached hydrogen (secondary N) is 1. The van der Waals surface area contributed by atoms with Crippen LogP contribution in [0.25, 0.3) is 0 Å². The zero-order chi connectivity index (χ0) is 25.4. The third kappa shape index (κ3) is 7.48. The smallest absolute Gasteiger partial charge is 0.328 e. The molecule has 8 nitrogen and oxygen atoms in total. The SMILES string of the molecule is CCOC(=O)C(Cc1ccccc1)NC(=O)c1cc(Cl)c(OCCN2CCN(C)CC2)c(Cl)c1O. The normalized spacial score (nSPS) is 15.4. The molecule has 1 aliphatic rings. The van der Waals surface area contributed by atoms with E-state index in [2.05, 4.69) is 22.2 Å². The summed E-state index contributed by atoms with van der Waals surface area (Å²) in [6, 6.07) is 9.56. The summed E-state index contributed by atoms with van der Waals surface area (Å²) in [7, 11) is 2.09. The topological polar surface area (TPSA) is 91.3 Å². The lowest BCUT2D eigenvalue weighted by molar-refractivity contribution is -0.145. The van der Waals surface area contributed by atoms with Crippen LogP contribution < -0.4 is 10.1 Å². The van der Waals surface area contributed by atoms with Gasteiger partial charge in [-0.1, -0.05) is 53.5 Å². The van der Waals surface area contributed by atoms with Crippen molar-refractivity contribution in [1.82, 2.24) is 15.1 Å². The lowest BCUT2D eigenvalue weighted by atomic mass is 10.1. The summed E-state index contributed by atoms with van der Waals surface area (Å²) in [6.07, 6.45) is 0.223. The number of benzene rings is 2. The fraction of sp³-hybridized carbons (Fsp3) is 0.440. The molecule has 190 valence electrons. The molecule has 1 aliphatic heterocycles. The molecule has 1 atom stereocenters. The molecule has 0 aliphatic carbocycles. The first kappa shape index (κ1) is 27.1. The van der Waals surface area contributed by atoms with E-state index in [4.69, 9.17) is 32.7 Å². The number of likely N-dealkylation sites (N-methyl/N-ethyl adjacent to an activating group) is 1. The zero-order valence-corrected chi connectivity index (χ0v) is 21.4. The van der Waals surface area contributed by atoms with Gasteiger partial charge in [-0.05, 0) is 25.6 Å². The van der Waals surface area contributed by atoms with Crippen LogP contribution in [0.3, 0.4) is 0 Å². The molecule has 1 heterocycles. The van der Waals surface area contributed by atoms with E-state index in [1.807, 2.05) is 30.3 Å². The van der Waals surface area contributed by atoms with Gasteiger partial charge in [-0.25, -0.2) is 4.79 Å². The number of piperazine rings is 1. The van der Waals surface area contributed by atoms with Gasteiger partial charge in [-0.3, -0.25) is 9.69 Å². The number of ether oxygens (including phenoxy) is 2. The number of esters is 1. The maximum absolute atomic E-state index is 13.0. The highest BCUT2D eigenvalue weighted by Crippen LogP contribution is 2.42. The first-order valence-corrected chi connectivity index (χ1v) is 12.3. The monoisotopic (exact) mass is 523 g/mol. The molecule has 0 saturated carbocycles. The molecule has 2 N–H and O–H groups in total. The van der Waals surface area contributed by atoms with Gasteiger partial charge in [-0.2, -0.15) is 0 Å². The summed E-state index contributed by atoms with van der Waals surface area (Å²) >= 11 is 12.7. The quantitative estimate of drug-likeness (QED) is 0.462. The van der Waals surface area contributed by atoms with Crippen molar-refractivity contribution in [1.29, 1.82) is 0 Å². The third-order valence-corrected chi connectivity index (χ3v) is 6.44. The lowest BCUT2D eigenvalue weighted by Gasteiger charge is -2.32. The van der Waals surface area contributed by atoms with Crippen LogP contribution in [0.4, 0.5) is 0 Å². The van der Waals surface area contributed by atoms with Gasteiger partial charge in [-0.15, -0.1) is 0 Å². The molecule has 2 aromatic carbocycles. The van der Waals surface area contributed by atoms with Crippen molar-refractivity contribution in [3.05, 3.63) is 57.6 Å². The number of nitrogens with zero attached hydrogens (tertiary/aromatic N) is 2. The van der Waals surface area contributed by atoms with E-state index in [1.54, 1.807) is 6.92 Å². The van der Waals surface area contributed by atoms with Crippen LogP contribution in [0.1, 0.15) is 22.8 Å². The van der Waals surface area contributed by atoms with Crippen molar-refractivity contribution in [2.24, 2.45) is 0 Å². The molecule has 1 unspecified atom stereocenters. The highest BCUT2D eigenvalue weighted by Gasteiger charge is 2.27. The molecule has 10 heteroatoms. The van der Waals surface area contributed by atoms with Crippen molar-refractivity contribution in [3.8, 4) is 11.5 Å². The Morgan fingerprint density at radius 2 is 1.83 bits per heavy atom. The van der Waals surface area contributed by atoms with Crippen LogP contribution in [0.2, 0.25) is 10.0 Å². The molecule has 1 amide bonds. The van der Waals surface area contributed by atoms with Crippen molar-refractivity contribution >= 4 is 35.1 Å². The van der Waals surface area contributed by atoms with E-state index in [-0.39, 0.29) is 34.4 Å². The van der Waals surface area contributed by atoms with Crippen molar-refractivity contribution < 1.29 is 24.2 Å². The zero-order valence-electron chi connectivity index (χ0n) is 19.9. The van der Waals surface area contributed by atoms with Gasteiger partial charge in [0.1, 0.15) is 17.7 Å². The predicted octanol–water partition coefficient (Wildman–Crippen LogP) is 3.23. The Morgan fingerprint density at radius 1 is 1.14 bits per heavy atom. The summed E-state index contributed by atoms with van der Waals surface area (Å²) in [4.78, 5) is 30.0. The number of amides is 1. The van der Waals surface area contributed by atoms with Gasteiger partial charge in [0.15, 0.2) is 11.5 Å². The summed E-state index contributed by atoms with van der Waals surface area (Å²) in [5.41, 5.74) is 0.684. The molecule has 0 aromatic heterocycles.